The number of rotatable bonds is 7. The van der Waals surface area contributed by atoms with Gasteiger partial charge in [-0.15, -0.1) is 0 Å². The van der Waals surface area contributed by atoms with Crippen molar-refractivity contribution in [3.8, 4) is 5.75 Å². The highest BCUT2D eigenvalue weighted by molar-refractivity contribution is 7.46. The number of phosphoric ester groups is 1. The summed E-state index contributed by atoms with van der Waals surface area (Å²) in [4.78, 5) is 42.7. The number of carbonyl (C=O) groups excluding carboxylic acids is 2. The number of Topliss-reactive ketones (excluding diaryl/α,β-unsaturated/α-hetero) is 1. The molecule has 2 aromatic rings. The number of halogens is 1. The maximum atomic E-state index is 13.2. The molecule has 3 N–H and O–H groups in total. The smallest absolute Gasteiger partial charge is 0.471 e. The summed E-state index contributed by atoms with van der Waals surface area (Å²) in [5, 5.41) is 2.80. The summed E-state index contributed by atoms with van der Waals surface area (Å²) in [6, 6.07) is 8.79. The van der Waals surface area contributed by atoms with E-state index in [0.717, 1.165) is 12.1 Å². The molecule has 2 unspecified atom stereocenters. The number of ketones is 1. The largest absolute Gasteiger partial charge is 0.485 e. The van der Waals surface area contributed by atoms with E-state index >= 15 is 0 Å². The van der Waals surface area contributed by atoms with Crippen LogP contribution in [-0.4, -0.2) is 40.0 Å². The summed E-state index contributed by atoms with van der Waals surface area (Å²) < 4.78 is 40.3. The van der Waals surface area contributed by atoms with E-state index in [9.17, 15) is 18.5 Å². The third-order valence-electron chi connectivity index (χ3n) is 4.97. The summed E-state index contributed by atoms with van der Waals surface area (Å²) >= 11 is 0. The van der Waals surface area contributed by atoms with Crippen molar-refractivity contribution in [3.63, 3.8) is 0 Å². The number of ether oxygens (including phenoxy) is 2. The van der Waals surface area contributed by atoms with Crippen molar-refractivity contribution in [2.24, 2.45) is 0 Å². The molecule has 0 aliphatic carbocycles. The van der Waals surface area contributed by atoms with E-state index in [4.69, 9.17) is 19.3 Å². The lowest BCUT2D eigenvalue weighted by Gasteiger charge is -2.44. The van der Waals surface area contributed by atoms with Gasteiger partial charge in [-0.3, -0.25) is 14.1 Å². The van der Waals surface area contributed by atoms with Gasteiger partial charge in [-0.25, -0.2) is 8.96 Å². The van der Waals surface area contributed by atoms with Gasteiger partial charge < -0.3 is 24.6 Å². The summed E-state index contributed by atoms with van der Waals surface area (Å²) in [5.74, 6) is -0.846. The molecule has 0 bridgehead atoms. The maximum absolute atomic E-state index is 13.2. The van der Waals surface area contributed by atoms with E-state index < -0.39 is 44.1 Å². The Bertz CT molecular complexity index is 1070. The number of carbonyl (C=O) groups is 2. The van der Waals surface area contributed by atoms with Gasteiger partial charge in [-0.1, -0.05) is 0 Å². The molecule has 2 atom stereocenters. The zero-order chi connectivity index (χ0) is 23.7. The van der Waals surface area contributed by atoms with Gasteiger partial charge in [0.1, 0.15) is 23.3 Å². The number of amides is 1. The number of phosphoric acid groups is 1. The van der Waals surface area contributed by atoms with Gasteiger partial charge in [0.25, 0.3) is 5.91 Å². The molecule has 9 nitrogen and oxygen atoms in total. The van der Waals surface area contributed by atoms with Crippen LogP contribution in [-0.2, 0) is 13.8 Å². The van der Waals surface area contributed by atoms with Gasteiger partial charge in [-0.2, -0.15) is 0 Å². The van der Waals surface area contributed by atoms with E-state index in [1.807, 2.05) is 0 Å². The third-order valence-corrected chi connectivity index (χ3v) is 5.42. The minimum Gasteiger partial charge on any atom is -0.485 e. The van der Waals surface area contributed by atoms with Gasteiger partial charge in [0.05, 0.1) is 6.04 Å². The predicted octanol–water partition coefficient (Wildman–Crippen LogP) is 3.12. The molecular weight excluding hydrogens is 444 g/mol. The van der Waals surface area contributed by atoms with Crippen molar-refractivity contribution in [3.05, 3.63) is 65.0 Å². The molecule has 0 radical (unpaired) electrons. The molecule has 0 aromatic heterocycles. The lowest BCUT2D eigenvalue weighted by Crippen LogP contribution is -2.55. The molecule has 0 saturated heterocycles. The highest BCUT2D eigenvalue weighted by Gasteiger charge is 2.46. The van der Waals surface area contributed by atoms with E-state index in [0.29, 0.717) is 16.9 Å². The van der Waals surface area contributed by atoms with Crippen LogP contribution < -0.4 is 10.1 Å². The molecule has 32 heavy (non-hydrogen) atoms. The molecule has 1 aliphatic heterocycles. The summed E-state index contributed by atoms with van der Waals surface area (Å²) in [7, 11) is -4.80. The Balaban J connectivity index is 1.99. The van der Waals surface area contributed by atoms with Crippen LogP contribution >= 0.6 is 7.82 Å². The average Bonchev–Trinajstić information content (AvgIpc) is 2.68. The fourth-order valence-corrected chi connectivity index (χ4v) is 3.66. The second kappa shape index (κ2) is 9.09. The van der Waals surface area contributed by atoms with E-state index in [2.05, 4.69) is 9.84 Å². The van der Waals surface area contributed by atoms with Crippen molar-refractivity contribution < 1.29 is 42.3 Å². The Labute approximate surface area is 183 Å². The maximum Gasteiger partial charge on any atom is 0.471 e. The second-order valence-corrected chi connectivity index (χ2v) is 9.04. The predicted molar refractivity (Wildman–Crippen MR) is 111 cm³/mol. The second-order valence-electron chi connectivity index (χ2n) is 7.80. The molecule has 0 spiro atoms. The monoisotopic (exact) mass is 467 g/mol. The van der Waals surface area contributed by atoms with Crippen molar-refractivity contribution in [1.29, 1.82) is 0 Å². The molecule has 2 aromatic carbocycles. The van der Waals surface area contributed by atoms with Crippen LogP contribution in [0, 0.1) is 5.82 Å². The Morgan fingerprint density at radius 3 is 2.38 bits per heavy atom. The van der Waals surface area contributed by atoms with Gasteiger partial charge in [0, 0.05) is 16.7 Å². The lowest BCUT2D eigenvalue weighted by atomic mass is 9.85. The number of benzene rings is 2. The first-order valence-electron chi connectivity index (χ1n) is 9.59. The van der Waals surface area contributed by atoms with E-state index in [-0.39, 0.29) is 11.3 Å². The molecule has 11 heteroatoms. The van der Waals surface area contributed by atoms with E-state index in [1.165, 1.54) is 19.1 Å². The van der Waals surface area contributed by atoms with Gasteiger partial charge in [0.15, 0.2) is 12.6 Å². The van der Waals surface area contributed by atoms with Gasteiger partial charge >= 0.3 is 7.82 Å². The zero-order valence-electron chi connectivity index (χ0n) is 17.6. The summed E-state index contributed by atoms with van der Waals surface area (Å²) in [6.07, 6.45) is -0.965. The molecule has 0 fully saturated rings. The minimum absolute atomic E-state index is 0.185. The van der Waals surface area contributed by atoms with Crippen LogP contribution in [0.3, 0.4) is 0 Å². The zero-order valence-corrected chi connectivity index (χ0v) is 18.5. The van der Waals surface area contributed by atoms with Crippen LogP contribution in [0.15, 0.2) is 42.5 Å². The first-order chi connectivity index (χ1) is 14.9. The fraction of sp³-hybridized carbons (Fsp3) is 0.333. The number of hydrogen-bond acceptors (Lipinski definition) is 6. The van der Waals surface area contributed by atoms with Gasteiger partial charge in [-0.05, 0) is 63.2 Å². The van der Waals surface area contributed by atoms with Crippen LogP contribution in [0.5, 0.6) is 5.75 Å². The van der Waals surface area contributed by atoms with Crippen LogP contribution in [0.25, 0.3) is 0 Å². The standard InChI is InChI=1S/C21H23FNO8P/c1-12(24)14-6-9-17-16(10-14)18(23-20(25)13-4-7-15(22)8-5-13)19(21(2,3)31-17)29-11-30-32(26,27)28/h4-10,18-19H,11H2,1-3H3,(H,23,25)(H2,26,27,28). The summed E-state index contributed by atoms with van der Waals surface area (Å²) in [6.45, 7) is 3.97. The minimum atomic E-state index is -4.80. The normalized spacial score (nSPS) is 19.6. The van der Waals surface area contributed by atoms with Crippen molar-refractivity contribution >= 4 is 19.5 Å². The molecule has 1 aliphatic rings. The van der Waals surface area contributed by atoms with E-state index in [1.54, 1.807) is 32.0 Å². The molecule has 0 saturated carbocycles. The highest BCUT2D eigenvalue weighted by Crippen LogP contribution is 2.43. The molecule has 3 rings (SSSR count). The molecule has 1 amide bonds. The summed E-state index contributed by atoms with van der Waals surface area (Å²) in [5.41, 5.74) is -0.0684. The molecule has 1 heterocycles. The van der Waals surface area contributed by atoms with Crippen LogP contribution in [0.4, 0.5) is 4.39 Å². The van der Waals surface area contributed by atoms with Crippen LogP contribution in [0.2, 0.25) is 0 Å². The van der Waals surface area contributed by atoms with Crippen LogP contribution in [0.1, 0.15) is 53.1 Å². The number of hydrogen-bond donors (Lipinski definition) is 3. The fourth-order valence-electron chi connectivity index (χ4n) is 3.46. The Morgan fingerprint density at radius 2 is 1.78 bits per heavy atom. The number of nitrogens with one attached hydrogen (secondary N) is 1. The number of fused-ring (bicyclic) bond motifs is 1. The Morgan fingerprint density at radius 1 is 1.16 bits per heavy atom. The van der Waals surface area contributed by atoms with Crippen molar-refractivity contribution in [2.45, 2.75) is 38.5 Å². The average molecular weight is 467 g/mol. The van der Waals surface area contributed by atoms with Crippen molar-refractivity contribution in [2.75, 3.05) is 6.79 Å². The van der Waals surface area contributed by atoms with Crippen molar-refractivity contribution in [1.82, 2.24) is 5.32 Å². The topological polar surface area (TPSA) is 131 Å². The lowest BCUT2D eigenvalue weighted by molar-refractivity contribution is -0.141. The Hall–Kier alpha value is -2.62. The first-order valence-corrected chi connectivity index (χ1v) is 11.1. The molecular formula is C21H23FNO8P. The quantitative estimate of drug-likeness (QED) is 0.322. The third kappa shape index (κ3) is 5.59. The molecule has 172 valence electrons. The highest BCUT2D eigenvalue weighted by atomic mass is 31.2. The first kappa shape index (κ1) is 24.0. The van der Waals surface area contributed by atoms with Gasteiger partial charge in [0.2, 0.25) is 0 Å². The SMILES string of the molecule is CC(=O)c1ccc2c(c1)C(NC(=O)c1ccc(F)cc1)C(OCOP(=O)(O)O)C(C)(C)O2. The Kier molecular flexibility index (Phi) is 6.83.